The smallest absolute Gasteiger partial charge is 0.202 e. The number of imidazole rings is 1. The number of nitrogen functional groups attached to an aromatic ring is 1. The molecule has 18 heavy (non-hydrogen) atoms. The molecule has 0 aromatic carbocycles. The Labute approximate surface area is 107 Å². The Morgan fingerprint density at radius 3 is 2.72 bits per heavy atom. The number of nitrogens with two attached hydrogens (primary N) is 1. The second-order valence-corrected chi connectivity index (χ2v) is 5.69. The topological polar surface area (TPSA) is 61.7 Å². The lowest BCUT2D eigenvalue weighted by Gasteiger charge is -2.16. The first-order valence-corrected chi connectivity index (χ1v) is 6.72. The predicted octanol–water partition coefficient (Wildman–Crippen LogP) is 2.24. The lowest BCUT2D eigenvalue weighted by atomic mass is 10.0. The van der Waals surface area contributed by atoms with Gasteiger partial charge >= 0.3 is 0 Å². The van der Waals surface area contributed by atoms with Crippen LogP contribution >= 0.6 is 0 Å². The molecular formula is C13H21N5. The second-order valence-electron chi connectivity index (χ2n) is 5.69. The van der Waals surface area contributed by atoms with Crippen molar-refractivity contribution in [1.29, 1.82) is 0 Å². The molecule has 98 valence electrons. The van der Waals surface area contributed by atoms with Gasteiger partial charge in [0, 0.05) is 13.6 Å². The van der Waals surface area contributed by atoms with Crippen molar-refractivity contribution in [3.63, 3.8) is 0 Å². The second kappa shape index (κ2) is 3.73. The summed E-state index contributed by atoms with van der Waals surface area (Å²) in [4.78, 5) is 4.46. The molecule has 1 aliphatic carbocycles. The SMILES string of the molecule is CCCC1(Cn2c(N)nc3c(C)nn(C)c32)CC1. The largest absolute Gasteiger partial charge is 0.369 e. The van der Waals surface area contributed by atoms with Crippen LogP contribution in [0.4, 0.5) is 5.95 Å². The molecule has 3 rings (SSSR count). The Bertz CT molecular complexity index is 588. The summed E-state index contributed by atoms with van der Waals surface area (Å²) in [6.07, 6.45) is 5.15. The van der Waals surface area contributed by atoms with Gasteiger partial charge in [-0.3, -0.25) is 9.25 Å². The molecule has 0 unspecified atom stereocenters. The molecule has 2 aromatic rings. The molecule has 0 saturated heterocycles. The maximum atomic E-state index is 6.08. The first kappa shape index (κ1) is 11.6. The van der Waals surface area contributed by atoms with Crippen LogP contribution in [-0.4, -0.2) is 19.3 Å². The van der Waals surface area contributed by atoms with Crippen molar-refractivity contribution < 1.29 is 0 Å². The Hall–Kier alpha value is -1.52. The molecule has 1 fully saturated rings. The monoisotopic (exact) mass is 247 g/mol. The van der Waals surface area contributed by atoms with E-state index < -0.39 is 0 Å². The number of fused-ring (bicyclic) bond motifs is 1. The minimum absolute atomic E-state index is 0.467. The molecule has 0 radical (unpaired) electrons. The highest BCUT2D eigenvalue weighted by atomic mass is 15.3. The summed E-state index contributed by atoms with van der Waals surface area (Å²) in [5.74, 6) is 0.628. The van der Waals surface area contributed by atoms with Gasteiger partial charge in [-0.15, -0.1) is 0 Å². The van der Waals surface area contributed by atoms with Gasteiger partial charge in [-0.2, -0.15) is 5.10 Å². The Balaban J connectivity index is 2.03. The molecule has 5 nitrogen and oxygen atoms in total. The van der Waals surface area contributed by atoms with Crippen LogP contribution in [0, 0.1) is 12.3 Å². The van der Waals surface area contributed by atoms with Gasteiger partial charge in [0.05, 0.1) is 5.69 Å². The third-order valence-electron chi connectivity index (χ3n) is 4.15. The number of aromatic nitrogens is 4. The summed E-state index contributed by atoms with van der Waals surface area (Å²) in [5, 5.41) is 4.43. The minimum atomic E-state index is 0.467. The molecule has 5 heteroatoms. The van der Waals surface area contributed by atoms with Crippen LogP contribution in [0.3, 0.4) is 0 Å². The van der Waals surface area contributed by atoms with E-state index in [1.54, 1.807) is 0 Å². The van der Waals surface area contributed by atoms with Crippen molar-refractivity contribution in [2.24, 2.45) is 12.5 Å². The Kier molecular flexibility index (Phi) is 2.40. The van der Waals surface area contributed by atoms with Crippen LogP contribution in [0.25, 0.3) is 11.2 Å². The average molecular weight is 247 g/mol. The molecule has 0 spiro atoms. The highest BCUT2D eigenvalue weighted by Gasteiger charge is 2.42. The number of hydrogen-bond donors (Lipinski definition) is 1. The summed E-state index contributed by atoms with van der Waals surface area (Å²) in [6.45, 7) is 5.22. The van der Waals surface area contributed by atoms with Crippen LogP contribution in [-0.2, 0) is 13.6 Å². The van der Waals surface area contributed by atoms with E-state index in [2.05, 4.69) is 21.6 Å². The molecule has 1 aliphatic rings. The number of anilines is 1. The van der Waals surface area contributed by atoms with Gasteiger partial charge in [0.1, 0.15) is 5.52 Å². The Morgan fingerprint density at radius 2 is 2.11 bits per heavy atom. The fraction of sp³-hybridized carbons (Fsp3) is 0.692. The van der Waals surface area contributed by atoms with E-state index in [4.69, 9.17) is 5.73 Å². The van der Waals surface area contributed by atoms with Gasteiger partial charge < -0.3 is 5.73 Å². The molecule has 0 aliphatic heterocycles. The molecule has 1 saturated carbocycles. The fourth-order valence-corrected chi connectivity index (χ4v) is 3.04. The maximum absolute atomic E-state index is 6.08. The number of rotatable bonds is 4. The molecule has 0 bridgehead atoms. The maximum Gasteiger partial charge on any atom is 0.202 e. The van der Waals surface area contributed by atoms with Gasteiger partial charge in [0.25, 0.3) is 0 Å². The number of nitrogens with zero attached hydrogens (tertiary/aromatic N) is 4. The lowest BCUT2D eigenvalue weighted by Crippen LogP contribution is -2.15. The lowest BCUT2D eigenvalue weighted by molar-refractivity contribution is 0.393. The Morgan fingerprint density at radius 1 is 1.39 bits per heavy atom. The van der Waals surface area contributed by atoms with Gasteiger partial charge in [-0.05, 0) is 31.6 Å². The van der Waals surface area contributed by atoms with Crippen LogP contribution in [0.15, 0.2) is 0 Å². The third kappa shape index (κ3) is 1.61. The summed E-state index contributed by atoms with van der Waals surface area (Å²) in [6, 6.07) is 0. The van der Waals surface area contributed by atoms with Crippen LogP contribution in [0.1, 0.15) is 38.3 Å². The van der Waals surface area contributed by atoms with E-state index in [9.17, 15) is 0 Å². The first-order valence-electron chi connectivity index (χ1n) is 6.72. The van der Waals surface area contributed by atoms with Gasteiger partial charge in [-0.1, -0.05) is 13.3 Å². The van der Waals surface area contributed by atoms with E-state index >= 15 is 0 Å². The van der Waals surface area contributed by atoms with Crippen molar-refractivity contribution in [2.75, 3.05) is 5.73 Å². The minimum Gasteiger partial charge on any atom is -0.369 e. The third-order valence-corrected chi connectivity index (χ3v) is 4.15. The van der Waals surface area contributed by atoms with Gasteiger partial charge in [0.15, 0.2) is 5.65 Å². The van der Waals surface area contributed by atoms with E-state index in [0.29, 0.717) is 11.4 Å². The van der Waals surface area contributed by atoms with Gasteiger partial charge in [-0.25, -0.2) is 4.98 Å². The fourth-order valence-electron chi connectivity index (χ4n) is 3.04. The van der Waals surface area contributed by atoms with Crippen molar-refractivity contribution in [1.82, 2.24) is 19.3 Å². The molecular weight excluding hydrogens is 226 g/mol. The summed E-state index contributed by atoms with van der Waals surface area (Å²) >= 11 is 0. The molecule has 2 N–H and O–H groups in total. The van der Waals surface area contributed by atoms with E-state index in [1.807, 2.05) is 18.7 Å². The average Bonchev–Trinajstić information content (AvgIpc) is 2.90. The zero-order chi connectivity index (χ0) is 12.9. The standard InChI is InChI=1S/C13H21N5/c1-4-5-13(6-7-13)8-18-11-10(15-12(18)14)9(2)16-17(11)3/h4-8H2,1-3H3,(H2,14,15). The van der Waals surface area contributed by atoms with Gasteiger partial charge in [0.2, 0.25) is 5.95 Å². The zero-order valence-corrected chi connectivity index (χ0v) is 11.4. The molecule has 2 heterocycles. The van der Waals surface area contributed by atoms with Crippen molar-refractivity contribution in [3.8, 4) is 0 Å². The predicted molar refractivity (Wildman–Crippen MR) is 72.2 cm³/mol. The van der Waals surface area contributed by atoms with E-state index in [1.165, 1.54) is 25.7 Å². The normalized spacial score (nSPS) is 17.5. The van der Waals surface area contributed by atoms with Crippen LogP contribution in [0.2, 0.25) is 0 Å². The molecule has 2 aromatic heterocycles. The van der Waals surface area contributed by atoms with Crippen molar-refractivity contribution >= 4 is 17.1 Å². The summed E-state index contributed by atoms with van der Waals surface area (Å²) in [5.41, 5.74) is 9.51. The highest BCUT2D eigenvalue weighted by molar-refractivity contribution is 5.77. The number of aryl methyl sites for hydroxylation is 2. The molecule has 0 amide bonds. The summed E-state index contributed by atoms with van der Waals surface area (Å²) < 4.78 is 4.05. The zero-order valence-electron chi connectivity index (χ0n) is 11.4. The van der Waals surface area contributed by atoms with E-state index in [0.717, 1.165) is 23.4 Å². The van der Waals surface area contributed by atoms with E-state index in [-0.39, 0.29) is 0 Å². The first-order chi connectivity index (χ1) is 8.56. The highest BCUT2D eigenvalue weighted by Crippen LogP contribution is 2.51. The number of hydrogen-bond acceptors (Lipinski definition) is 3. The van der Waals surface area contributed by atoms with Crippen molar-refractivity contribution in [3.05, 3.63) is 5.69 Å². The summed E-state index contributed by atoms with van der Waals surface area (Å²) in [7, 11) is 1.96. The quantitative estimate of drug-likeness (QED) is 0.901. The van der Waals surface area contributed by atoms with Crippen molar-refractivity contribution in [2.45, 2.75) is 46.1 Å². The molecule has 0 atom stereocenters. The van der Waals surface area contributed by atoms with Crippen LogP contribution in [0.5, 0.6) is 0 Å². The van der Waals surface area contributed by atoms with Crippen LogP contribution < -0.4 is 5.73 Å².